The van der Waals surface area contributed by atoms with Crippen LogP contribution in [0.1, 0.15) is 57.8 Å². The largest absolute Gasteiger partial charge is 0.483 e. The standard InChI is InChI=1S/C28H24F3N3O5/c1-15-7-8-23(35)22-13-33(15)28(38)24-26(39-14-16-5-3-2-4-6-16)25(36)19(12-34(22)24)27(37)32-11-18-20(30)9-17(29)10-21(18)31/h2-6,9-10,12,15,22H,7-8,11,13-14H2,1H3,(H,32,37)/t15-,22?/m0/s1. The zero-order valence-electron chi connectivity index (χ0n) is 20.9. The number of halogens is 3. The van der Waals surface area contributed by atoms with Crippen molar-refractivity contribution < 1.29 is 32.3 Å². The molecule has 2 aromatic carbocycles. The van der Waals surface area contributed by atoms with Crippen LogP contribution in [0.2, 0.25) is 0 Å². The van der Waals surface area contributed by atoms with E-state index in [1.807, 2.05) is 6.92 Å². The molecule has 2 amide bonds. The highest BCUT2D eigenvalue weighted by molar-refractivity contribution is 6.01. The van der Waals surface area contributed by atoms with Gasteiger partial charge in [-0.3, -0.25) is 19.2 Å². The van der Waals surface area contributed by atoms with Gasteiger partial charge in [-0.1, -0.05) is 30.3 Å². The number of amides is 2. The van der Waals surface area contributed by atoms with Crippen molar-refractivity contribution in [2.24, 2.45) is 0 Å². The molecule has 39 heavy (non-hydrogen) atoms. The highest BCUT2D eigenvalue weighted by Gasteiger charge is 2.42. The zero-order valence-corrected chi connectivity index (χ0v) is 20.9. The van der Waals surface area contributed by atoms with Gasteiger partial charge >= 0.3 is 0 Å². The van der Waals surface area contributed by atoms with Crippen molar-refractivity contribution >= 4 is 17.6 Å². The second kappa shape index (κ2) is 10.4. The summed E-state index contributed by atoms with van der Waals surface area (Å²) < 4.78 is 48.6. The second-order valence-electron chi connectivity index (χ2n) is 9.59. The van der Waals surface area contributed by atoms with Gasteiger partial charge in [0.05, 0.1) is 0 Å². The highest BCUT2D eigenvalue weighted by Crippen LogP contribution is 2.33. The third-order valence-electron chi connectivity index (χ3n) is 7.08. The van der Waals surface area contributed by atoms with Gasteiger partial charge < -0.3 is 19.5 Å². The molecule has 5 rings (SSSR count). The van der Waals surface area contributed by atoms with E-state index in [0.29, 0.717) is 24.1 Å². The van der Waals surface area contributed by atoms with Gasteiger partial charge in [-0.15, -0.1) is 0 Å². The molecule has 3 heterocycles. The quantitative estimate of drug-likeness (QED) is 0.517. The number of aromatic nitrogens is 1. The molecule has 202 valence electrons. The number of Topliss-reactive ketones (excluding diaryl/α,β-unsaturated/α-hetero) is 1. The van der Waals surface area contributed by atoms with E-state index in [0.717, 1.165) is 6.20 Å². The van der Waals surface area contributed by atoms with Gasteiger partial charge in [-0.2, -0.15) is 0 Å². The van der Waals surface area contributed by atoms with Crippen LogP contribution in [0.15, 0.2) is 53.5 Å². The van der Waals surface area contributed by atoms with Crippen LogP contribution in [0, 0.1) is 17.5 Å². The number of rotatable bonds is 6. The first-order chi connectivity index (χ1) is 18.7. The van der Waals surface area contributed by atoms with Gasteiger partial charge in [0.1, 0.15) is 35.7 Å². The molecule has 1 N–H and O–H groups in total. The predicted octanol–water partition coefficient (Wildman–Crippen LogP) is 3.52. The molecule has 0 radical (unpaired) electrons. The molecule has 1 fully saturated rings. The fourth-order valence-corrected chi connectivity index (χ4v) is 4.90. The summed E-state index contributed by atoms with van der Waals surface area (Å²) in [5.74, 6) is -5.60. The number of benzene rings is 2. The average Bonchev–Trinajstić information content (AvgIpc) is 3.03. The summed E-state index contributed by atoms with van der Waals surface area (Å²) in [5.41, 5.74) is -1.43. The van der Waals surface area contributed by atoms with Crippen molar-refractivity contribution in [1.82, 2.24) is 14.8 Å². The lowest BCUT2D eigenvalue weighted by atomic mass is 10.0. The van der Waals surface area contributed by atoms with E-state index in [4.69, 9.17) is 4.74 Å². The maximum absolute atomic E-state index is 14.1. The summed E-state index contributed by atoms with van der Waals surface area (Å²) in [6.45, 7) is 1.12. The predicted molar refractivity (Wildman–Crippen MR) is 133 cm³/mol. The zero-order chi connectivity index (χ0) is 27.8. The Morgan fingerprint density at radius 1 is 1.08 bits per heavy atom. The van der Waals surface area contributed by atoms with Crippen molar-refractivity contribution in [3.63, 3.8) is 0 Å². The molecule has 0 aliphatic carbocycles. The number of carbonyl (C=O) groups excluding carboxylic acids is 3. The lowest BCUT2D eigenvalue weighted by Crippen LogP contribution is -2.48. The topological polar surface area (TPSA) is 97.7 Å². The molecule has 0 saturated carbocycles. The molecule has 2 aliphatic heterocycles. The van der Waals surface area contributed by atoms with E-state index in [-0.39, 0.29) is 37.1 Å². The van der Waals surface area contributed by atoms with Gasteiger partial charge in [0.25, 0.3) is 11.8 Å². The molecular formula is C28H24F3N3O5. The van der Waals surface area contributed by atoms with E-state index >= 15 is 0 Å². The third kappa shape index (κ3) is 4.91. The molecule has 2 bridgehead atoms. The van der Waals surface area contributed by atoms with Gasteiger partial charge in [-0.25, -0.2) is 13.2 Å². The first kappa shape index (κ1) is 26.2. The third-order valence-corrected chi connectivity index (χ3v) is 7.08. The van der Waals surface area contributed by atoms with Crippen molar-refractivity contribution in [1.29, 1.82) is 0 Å². The average molecular weight is 540 g/mol. The number of nitrogens with one attached hydrogen (secondary N) is 1. The Morgan fingerprint density at radius 3 is 2.46 bits per heavy atom. The van der Waals surface area contributed by atoms with Gasteiger partial charge in [0.15, 0.2) is 17.2 Å². The van der Waals surface area contributed by atoms with Crippen molar-refractivity contribution in [2.75, 3.05) is 6.54 Å². The second-order valence-corrected chi connectivity index (χ2v) is 9.59. The maximum Gasteiger partial charge on any atom is 0.274 e. The Hall–Kier alpha value is -4.41. The van der Waals surface area contributed by atoms with Crippen molar-refractivity contribution in [2.45, 2.75) is 45.0 Å². The van der Waals surface area contributed by atoms with Crippen molar-refractivity contribution in [3.05, 3.63) is 98.7 Å². The van der Waals surface area contributed by atoms with Crippen LogP contribution in [0.5, 0.6) is 5.75 Å². The fourth-order valence-electron chi connectivity index (χ4n) is 4.90. The Bertz CT molecular complexity index is 1520. The van der Waals surface area contributed by atoms with Crippen LogP contribution >= 0.6 is 0 Å². The molecule has 3 aromatic rings. The van der Waals surface area contributed by atoms with E-state index in [1.165, 1.54) is 9.47 Å². The van der Waals surface area contributed by atoms with E-state index < -0.39 is 64.2 Å². The fraction of sp³-hybridized carbons (Fsp3) is 0.286. The minimum atomic E-state index is -1.20. The van der Waals surface area contributed by atoms with Gasteiger partial charge in [0.2, 0.25) is 5.43 Å². The Kier molecular flexibility index (Phi) is 6.98. The normalized spacial score (nSPS) is 18.4. The number of pyridine rings is 1. The van der Waals surface area contributed by atoms with E-state index in [2.05, 4.69) is 5.32 Å². The molecule has 1 unspecified atom stereocenters. The lowest BCUT2D eigenvalue weighted by Gasteiger charge is -2.36. The molecule has 1 aromatic heterocycles. The number of fused-ring (bicyclic) bond motifs is 4. The summed E-state index contributed by atoms with van der Waals surface area (Å²) in [4.78, 5) is 54.8. The van der Waals surface area contributed by atoms with E-state index in [1.54, 1.807) is 30.3 Å². The lowest BCUT2D eigenvalue weighted by molar-refractivity contribution is -0.122. The number of carbonyl (C=O) groups is 3. The molecule has 2 atom stereocenters. The summed E-state index contributed by atoms with van der Waals surface area (Å²) >= 11 is 0. The van der Waals surface area contributed by atoms with Crippen LogP contribution in [-0.2, 0) is 17.9 Å². The van der Waals surface area contributed by atoms with Crippen molar-refractivity contribution in [3.8, 4) is 5.75 Å². The molecule has 8 nitrogen and oxygen atoms in total. The number of ether oxygens (including phenoxy) is 1. The summed E-state index contributed by atoms with van der Waals surface area (Å²) in [6.07, 6.45) is 1.77. The molecular weight excluding hydrogens is 515 g/mol. The maximum atomic E-state index is 14.1. The number of hydrogen-bond acceptors (Lipinski definition) is 5. The number of ketones is 1. The van der Waals surface area contributed by atoms with Crippen LogP contribution in [-0.4, -0.2) is 39.7 Å². The highest BCUT2D eigenvalue weighted by atomic mass is 19.1. The summed E-state index contributed by atoms with van der Waals surface area (Å²) in [7, 11) is 0. The smallest absolute Gasteiger partial charge is 0.274 e. The molecule has 11 heteroatoms. The van der Waals surface area contributed by atoms with E-state index in [9.17, 15) is 32.3 Å². The minimum Gasteiger partial charge on any atom is -0.483 e. The Morgan fingerprint density at radius 2 is 1.77 bits per heavy atom. The number of hydrogen-bond donors (Lipinski definition) is 1. The first-order valence-corrected chi connectivity index (χ1v) is 12.4. The molecule has 1 saturated heterocycles. The van der Waals surface area contributed by atoms with Crippen LogP contribution < -0.4 is 15.5 Å². The van der Waals surface area contributed by atoms with Crippen LogP contribution in [0.4, 0.5) is 13.2 Å². The monoisotopic (exact) mass is 539 g/mol. The summed E-state index contributed by atoms with van der Waals surface area (Å²) in [5, 5.41) is 2.27. The van der Waals surface area contributed by atoms with Crippen LogP contribution in [0.3, 0.4) is 0 Å². The van der Waals surface area contributed by atoms with Gasteiger partial charge in [-0.05, 0) is 18.9 Å². The summed E-state index contributed by atoms with van der Waals surface area (Å²) in [6, 6.07) is 8.70. The molecule has 2 aliphatic rings. The van der Waals surface area contributed by atoms with Gasteiger partial charge in [0, 0.05) is 49.4 Å². The Balaban J connectivity index is 1.57. The molecule has 0 spiro atoms. The van der Waals surface area contributed by atoms with Crippen LogP contribution in [0.25, 0.3) is 0 Å². The number of nitrogens with zero attached hydrogens (tertiary/aromatic N) is 2. The SMILES string of the molecule is C[C@H]1CCC(=O)C2CN1C(=O)c1c(OCc3ccccc3)c(=O)c(C(=O)NCc3c(F)cc(F)cc3F)cn12. The Labute approximate surface area is 221 Å². The minimum absolute atomic E-state index is 0.0693. The first-order valence-electron chi connectivity index (χ1n) is 12.4.